The zero-order chi connectivity index (χ0) is 13.9. The van der Waals surface area contributed by atoms with E-state index in [1.54, 1.807) is 24.4 Å². The first-order valence-electron chi connectivity index (χ1n) is 6.18. The second-order valence-corrected chi connectivity index (χ2v) is 4.36. The Hall–Kier alpha value is -2.88. The number of aliphatic carboxylic acids is 1. The van der Waals surface area contributed by atoms with Crippen molar-refractivity contribution in [2.75, 3.05) is 0 Å². The molecule has 0 saturated heterocycles. The fourth-order valence-corrected chi connectivity index (χ4v) is 2.06. The minimum Gasteiger partial charge on any atom is -0.478 e. The van der Waals surface area contributed by atoms with Gasteiger partial charge in [-0.2, -0.15) is 0 Å². The highest BCUT2D eigenvalue weighted by atomic mass is 16.4. The van der Waals surface area contributed by atoms with Gasteiger partial charge in [0, 0.05) is 12.4 Å². The molecule has 98 valence electrons. The lowest BCUT2D eigenvalue weighted by Gasteiger charge is -2.01. The van der Waals surface area contributed by atoms with Crippen molar-refractivity contribution in [2.24, 2.45) is 0 Å². The summed E-state index contributed by atoms with van der Waals surface area (Å²) in [6.07, 6.45) is 5.27. The Morgan fingerprint density at radius 3 is 2.55 bits per heavy atom. The quantitative estimate of drug-likeness (QED) is 0.740. The molecule has 0 aliphatic rings. The third-order valence-electron chi connectivity index (χ3n) is 2.99. The molecule has 3 rings (SSSR count). The van der Waals surface area contributed by atoms with Gasteiger partial charge in [0.1, 0.15) is 5.65 Å². The van der Waals surface area contributed by atoms with Crippen molar-refractivity contribution in [1.82, 2.24) is 9.38 Å². The first-order chi connectivity index (χ1) is 9.74. The van der Waals surface area contributed by atoms with Crippen molar-refractivity contribution in [2.45, 2.75) is 0 Å². The van der Waals surface area contributed by atoms with Gasteiger partial charge in [-0.3, -0.25) is 0 Å². The van der Waals surface area contributed by atoms with Crippen LogP contribution in [0.25, 0.3) is 17.3 Å². The van der Waals surface area contributed by atoms with E-state index in [2.05, 4.69) is 4.98 Å². The molecule has 0 amide bonds. The second-order valence-electron chi connectivity index (χ2n) is 4.36. The van der Waals surface area contributed by atoms with Crippen LogP contribution in [0.2, 0.25) is 0 Å². The third kappa shape index (κ3) is 2.31. The maximum absolute atomic E-state index is 11.4. The summed E-state index contributed by atoms with van der Waals surface area (Å²) in [4.78, 5) is 15.8. The molecule has 0 aliphatic carbocycles. The van der Waals surface area contributed by atoms with E-state index in [0.717, 1.165) is 5.65 Å². The normalized spacial score (nSPS) is 11.7. The van der Waals surface area contributed by atoms with E-state index in [4.69, 9.17) is 0 Å². The lowest BCUT2D eigenvalue weighted by atomic mass is 10.1. The zero-order valence-electron chi connectivity index (χ0n) is 10.6. The fourth-order valence-electron chi connectivity index (χ4n) is 2.06. The first kappa shape index (κ1) is 12.2. The number of aromatic nitrogens is 2. The van der Waals surface area contributed by atoms with Gasteiger partial charge in [0.15, 0.2) is 0 Å². The molecule has 3 aromatic rings. The van der Waals surface area contributed by atoms with E-state index >= 15 is 0 Å². The van der Waals surface area contributed by atoms with Crippen molar-refractivity contribution in [3.63, 3.8) is 0 Å². The average molecular weight is 264 g/mol. The molecule has 0 saturated carbocycles. The predicted molar refractivity (Wildman–Crippen MR) is 77.1 cm³/mol. The van der Waals surface area contributed by atoms with Crippen LogP contribution in [0.15, 0.2) is 60.9 Å². The maximum Gasteiger partial charge on any atom is 0.336 e. The summed E-state index contributed by atoms with van der Waals surface area (Å²) in [6, 6.07) is 14.7. The van der Waals surface area contributed by atoms with Crippen LogP contribution in [0.4, 0.5) is 0 Å². The van der Waals surface area contributed by atoms with Crippen molar-refractivity contribution in [1.29, 1.82) is 0 Å². The number of fused-ring (bicyclic) bond motifs is 1. The molecule has 4 heteroatoms. The van der Waals surface area contributed by atoms with Gasteiger partial charge in [-0.05, 0) is 23.8 Å². The molecule has 2 aromatic heterocycles. The highest BCUT2D eigenvalue weighted by Crippen LogP contribution is 2.18. The molecule has 20 heavy (non-hydrogen) atoms. The zero-order valence-corrected chi connectivity index (χ0v) is 10.6. The number of carbonyl (C=O) groups is 1. The number of carboxylic acid groups (broad SMARTS) is 1. The Balaban J connectivity index is 2.09. The second kappa shape index (κ2) is 5.01. The van der Waals surface area contributed by atoms with Crippen LogP contribution in [0, 0.1) is 0 Å². The van der Waals surface area contributed by atoms with Crippen LogP contribution in [0.3, 0.4) is 0 Å². The van der Waals surface area contributed by atoms with E-state index in [1.165, 1.54) is 0 Å². The number of hydrogen-bond acceptors (Lipinski definition) is 2. The van der Waals surface area contributed by atoms with Crippen LogP contribution in [-0.2, 0) is 4.79 Å². The summed E-state index contributed by atoms with van der Waals surface area (Å²) in [7, 11) is 0. The minimum absolute atomic E-state index is 0.231. The number of benzene rings is 1. The van der Waals surface area contributed by atoms with Crippen molar-refractivity contribution < 1.29 is 9.90 Å². The van der Waals surface area contributed by atoms with Crippen LogP contribution in [0.1, 0.15) is 11.3 Å². The lowest BCUT2D eigenvalue weighted by Crippen LogP contribution is -1.99. The minimum atomic E-state index is -0.965. The molecule has 0 unspecified atom stereocenters. The lowest BCUT2D eigenvalue weighted by molar-refractivity contribution is -0.130. The van der Waals surface area contributed by atoms with Gasteiger partial charge in [0.25, 0.3) is 0 Å². The van der Waals surface area contributed by atoms with E-state index in [1.807, 2.05) is 47.0 Å². The monoisotopic (exact) mass is 264 g/mol. The Bertz CT molecular complexity index is 755. The molecular weight excluding hydrogens is 252 g/mol. The van der Waals surface area contributed by atoms with Gasteiger partial charge in [-0.25, -0.2) is 9.78 Å². The van der Waals surface area contributed by atoms with Gasteiger partial charge in [-0.15, -0.1) is 0 Å². The van der Waals surface area contributed by atoms with E-state index in [9.17, 15) is 9.90 Å². The van der Waals surface area contributed by atoms with Crippen LogP contribution < -0.4 is 0 Å². The Labute approximate surface area is 115 Å². The molecule has 4 nitrogen and oxygen atoms in total. The Morgan fingerprint density at radius 2 is 1.85 bits per heavy atom. The van der Waals surface area contributed by atoms with Gasteiger partial charge in [0.05, 0.1) is 11.3 Å². The molecule has 0 aliphatic heterocycles. The fraction of sp³-hybridized carbons (Fsp3) is 0. The van der Waals surface area contributed by atoms with E-state index in [0.29, 0.717) is 11.3 Å². The van der Waals surface area contributed by atoms with Crippen LogP contribution in [-0.4, -0.2) is 20.5 Å². The topological polar surface area (TPSA) is 54.6 Å². The van der Waals surface area contributed by atoms with Crippen molar-refractivity contribution in [3.05, 3.63) is 72.2 Å². The molecule has 1 N–H and O–H groups in total. The van der Waals surface area contributed by atoms with Gasteiger partial charge in [0.2, 0.25) is 0 Å². The highest BCUT2D eigenvalue weighted by Gasteiger charge is 2.11. The molecule has 0 spiro atoms. The number of pyridine rings is 1. The third-order valence-corrected chi connectivity index (χ3v) is 2.99. The summed E-state index contributed by atoms with van der Waals surface area (Å²) < 4.78 is 1.86. The number of nitrogens with zero attached hydrogens (tertiary/aromatic N) is 2. The average Bonchev–Trinajstić information content (AvgIpc) is 2.88. The summed E-state index contributed by atoms with van der Waals surface area (Å²) in [5.41, 5.74) is 2.31. The summed E-state index contributed by atoms with van der Waals surface area (Å²) >= 11 is 0. The smallest absolute Gasteiger partial charge is 0.336 e. The van der Waals surface area contributed by atoms with Gasteiger partial charge >= 0.3 is 5.97 Å². The summed E-state index contributed by atoms with van der Waals surface area (Å²) in [5.74, 6) is -0.965. The molecule has 0 radical (unpaired) electrons. The summed E-state index contributed by atoms with van der Waals surface area (Å²) in [5, 5.41) is 9.36. The van der Waals surface area contributed by atoms with Crippen LogP contribution in [0.5, 0.6) is 0 Å². The van der Waals surface area contributed by atoms with Crippen LogP contribution >= 0.6 is 0 Å². The standard InChI is InChI=1S/C16H12N2O2/c19-16(20)14(12-6-2-1-3-7-12)10-13-11-18-9-5-4-8-15(18)17-13/h1-11H,(H,19,20). The maximum atomic E-state index is 11.4. The Kier molecular flexibility index (Phi) is 3.05. The van der Waals surface area contributed by atoms with E-state index < -0.39 is 5.97 Å². The first-order valence-corrected chi connectivity index (χ1v) is 6.18. The van der Waals surface area contributed by atoms with Crippen molar-refractivity contribution in [3.8, 4) is 0 Å². The molecule has 0 atom stereocenters. The number of rotatable bonds is 3. The number of imidazole rings is 1. The highest BCUT2D eigenvalue weighted by molar-refractivity contribution is 6.20. The number of hydrogen-bond donors (Lipinski definition) is 1. The number of carboxylic acids is 1. The Morgan fingerprint density at radius 1 is 1.10 bits per heavy atom. The van der Waals surface area contributed by atoms with E-state index in [-0.39, 0.29) is 5.57 Å². The predicted octanol–water partition coefficient (Wildman–Crippen LogP) is 2.96. The molecule has 2 heterocycles. The molecule has 0 bridgehead atoms. The molecule has 1 aromatic carbocycles. The van der Waals surface area contributed by atoms with Gasteiger partial charge in [-0.1, -0.05) is 36.4 Å². The van der Waals surface area contributed by atoms with Gasteiger partial charge < -0.3 is 9.51 Å². The SMILES string of the molecule is O=C(O)C(=Cc1cn2ccccc2n1)c1ccccc1. The van der Waals surface area contributed by atoms with Crippen molar-refractivity contribution >= 4 is 23.3 Å². The molecular formula is C16H12N2O2. The largest absolute Gasteiger partial charge is 0.478 e. The molecule has 0 fully saturated rings. The summed E-state index contributed by atoms with van der Waals surface area (Å²) in [6.45, 7) is 0.